The molecule has 0 unspecified atom stereocenters. The molecule has 0 aliphatic rings. The highest BCUT2D eigenvalue weighted by Crippen LogP contribution is 2.10. The van der Waals surface area contributed by atoms with Crippen molar-refractivity contribution in [2.45, 2.75) is 71.1 Å². The maximum atomic E-state index is 10.7. The number of halogens is 1. The summed E-state index contributed by atoms with van der Waals surface area (Å²) in [6, 6.07) is 0. The molecule has 0 bridgehead atoms. The third kappa shape index (κ3) is 12.0. The van der Waals surface area contributed by atoms with Crippen molar-refractivity contribution in [3.63, 3.8) is 0 Å². The summed E-state index contributed by atoms with van der Waals surface area (Å²) >= 11 is 5.34. The number of carbonyl (C=O) groups excluding carboxylic acids is 1. The molecule has 102 valence electrons. The second kappa shape index (κ2) is 12.2. The summed E-state index contributed by atoms with van der Waals surface area (Å²) in [5.41, 5.74) is 0. The highest BCUT2D eigenvalue weighted by molar-refractivity contribution is 6.62. The molecule has 17 heavy (non-hydrogen) atoms. The molecule has 0 radical (unpaired) electrons. The molecule has 0 aliphatic heterocycles. The summed E-state index contributed by atoms with van der Waals surface area (Å²) < 4.78 is 0. The summed E-state index contributed by atoms with van der Waals surface area (Å²) in [5.74, 6) is 0. The van der Waals surface area contributed by atoms with E-state index >= 15 is 0 Å². The van der Waals surface area contributed by atoms with Crippen molar-refractivity contribution in [2.24, 2.45) is 0 Å². The van der Waals surface area contributed by atoms with Gasteiger partial charge in [-0.2, -0.15) is 0 Å². The van der Waals surface area contributed by atoms with Gasteiger partial charge in [0, 0.05) is 13.6 Å². The van der Waals surface area contributed by atoms with Gasteiger partial charge >= 0.3 is 5.37 Å². The number of carbonyl (C=O) groups is 1. The molecule has 2 nitrogen and oxygen atoms in total. The van der Waals surface area contributed by atoms with E-state index in [0.717, 1.165) is 13.0 Å². The maximum Gasteiger partial charge on any atom is 0.316 e. The summed E-state index contributed by atoms with van der Waals surface area (Å²) in [5, 5.41) is -0.346. The van der Waals surface area contributed by atoms with E-state index in [-0.39, 0.29) is 5.37 Å². The van der Waals surface area contributed by atoms with E-state index < -0.39 is 0 Å². The van der Waals surface area contributed by atoms with Gasteiger partial charge in [0.15, 0.2) is 0 Å². The van der Waals surface area contributed by atoms with E-state index in [4.69, 9.17) is 11.6 Å². The Balaban J connectivity index is 3.06. The van der Waals surface area contributed by atoms with Gasteiger partial charge in [0.25, 0.3) is 0 Å². The Morgan fingerprint density at radius 3 is 1.71 bits per heavy atom. The predicted molar refractivity (Wildman–Crippen MR) is 75.7 cm³/mol. The van der Waals surface area contributed by atoms with Gasteiger partial charge in [-0.05, 0) is 18.0 Å². The molecule has 0 aromatic carbocycles. The van der Waals surface area contributed by atoms with Crippen molar-refractivity contribution in [3.8, 4) is 0 Å². The van der Waals surface area contributed by atoms with Crippen LogP contribution in [-0.2, 0) is 0 Å². The van der Waals surface area contributed by atoms with Gasteiger partial charge in [0.1, 0.15) is 0 Å². The van der Waals surface area contributed by atoms with E-state index in [1.165, 1.54) is 57.8 Å². The highest BCUT2D eigenvalue weighted by atomic mass is 35.5. The molecule has 0 atom stereocenters. The first-order chi connectivity index (χ1) is 8.18. The third-order valence-electron chi connectivity index (χ3n) is 3.15. The van der Waals surface area contributed by atoms with Gasteiger partial charge in [-0.15, -0.1) is 0 Å². The molecule has 0 rings (SSSR count). The molecular weight excluding hydrogens is 234 g/mol. The van der Waals surface area contributed by atoms with Crippen LogP contribution in [-0.4, -0.2) is 23.9 Å². The Bertz CT molecular complexity index is 185. The minimum atomic E-state index is -0.346. The lowest BCUT2D eigenvalue weighted by Crippen LogP contribution is -2.21. The molecule has 0 spiro atoms. The summed E-state index contributed by atoms with van der Waals surface area (Å²) in [4.78, 5) is 12.3. The minimum Gasteiger partial charge on any atom is -0.332 e. The van der Waals surface area contributed by atoms with Crippen LogP contribution in [0.2, 0.25) is 0 Å². The van der Waals surface area contributed by atoms with Crippen molar-refractivity contribution < 1.29 is 4.79 Å². The summed E-state index contributed by atoms with van der Waals surface area (Å²) in [6.45, 7) is 3.04. The van der Waals surface area contributed by atoms with Gasteiger partial charge in [-0.3, -0.25) is 4.79 Å². The molecule has 0 fully saturated rings. The van der Waals surface area contributed by atoms with E-state index in [1.807, 2.05) is 0 Å². The van der Waals surface area contributed by atoms with Crippen LogP contribution in [0.25, 0.3) is 0 Å². The molecular formula is C14H28ClNO. The van der Waals surface area contributed by atoms with Crippen molar-refractivity contribution in [2.75, 3.05) is 13.6 Å². The van der Waals surface area contributed by atoms with Crippen LogP contribution in [0, 0.1) is 0 Å². The van der Waals surface area contributed by atoms with Gasteiger partial charge in [-0.1, -0.05) is 64.7 Å². The van der Waals surface area contributed by atoms with Gasteiger partial charge in [-0.25, -0.2) is 0 Å². The first kappa shape index (κ1) is 16.8. The molecule has 0 saturated heterocycles. The standard InChI is InChI=1S/C14H28ClNO/c1-3-4-5-6-7-8-9-10-11-12-13-16(2)14(15)17/h3-13H2,1-2H3. The lowest BCUT2D eigenvalue weighted by molar-refractivity contribution is 0.231. The fourth-order valence-corrected chi connectivity index (χ4v) is 2.01. The van der Waals surface area contributed by atoms with Crippen molar-refractivity contribution >= 4 is 17.0 Å². The third-order valence-corrected chi connectivity index (χ3v) is 3.44. The van der Waals surface area contributed by atoms with Crippen LogP contribution in [0.15, 0.2) is 0 Å². The van der Waals surface area contributed by atoms with Gasteiger partial charge in [0.05, 0.1) is 0 Å². The average Bonchev–Trinajstić information content (AvgIpc) is 2.31. The smallest absolute Gasteiger partial charge is 0.316 e. The highest BCUT2D eigenvalue weighted by Gasteiger charge is 2.02. The monoisotopic (exact) mass is 261 g/mol. The first-order valence-electron chi connectivity index (χ1n) is 7.09. The van der Waals surface area contributed by atoms with Crippen LogP contribution in [0.4, 0.5) is 4.79 Å². The van der Waals surface area contributed by atoms with Gasteiger partial charge < -0.3 is 4.90 Å². The zero-order chi connectivity index (χ0) is 12.9. The Morgan fingerprint density at radius 1 is 0.882 bits per heavy atom. The molecule has 0 aliphatic carbocycles. The van der Waals surface area contributed by atoms with Crippen LogP contribution < -0.4 is 0 Å². The van der Waals surface area contributed by atoms with Crippen molar-refractivity contribution in [3.05, 3.63) is 0 Å². The van der Waals surface area contributed by atoms with E-state index in [9.17, 15) is 4.79 Å². The van der Waals surface area contributed by atoms with Crippen LogP contribution in [0.3, 0.4) is 0 Å². The maximum absolute atomic E-state index is 10.7. The second-order valence-corrected chi connectivity index (χ2v) is 5.18. The molecule has 0 aromatic rings. The number of unbranched alkanes of at least 4 members (excludes halogenated alkanes) is 9. The Hall–Kier alpha value is -0.240. The number of amides is 1. The minimum absolute atomic E-state index is 0.346. The second-order valence-electron chi connectivity index (χ2n) is 4.86. The summed E-state index contributed by atoms with van der Waals surface area (Å²) in [6.07, 6.45) is 13.2. The molecule has 0 saturated carbocycles. The molecule has 1 amide bonds. The molecule has 0 aromatic heterocycles. The lowest BCUT2D eigenvalue weighted by atomic mass is 10.1. The first-order valence-corrected chi connectivity index (χ1v) is 7.47. The SMILES string of the molecule is CCCCCCCCCCCCN(C)C(=O)Cl. The van der Waals surface area contributed by atoms with E-state index in [2.05, 4.69) is 6.92 Å². The lowest BCUT2D eigenvalue weighted by Gasteiger charge is -2.12. The fraction of sp³-hybridized carbons (Fsp3) is 0.929. The Morgan fingerprint density at radius 2 is 1.29 bits per heavy atom. The molecule has 0 N–H and O–H groups in total. The quantitative estimate of drug-likeness (QED) is 0.284. The van der Waals surface area contributed by atoms with Crippen LogP contribution >= 0.6 is 11.6 Å². The van der Waals surface area contributed by atoms with E-state index in [1.54, 1.807) is 11.9 Å². The number of hydrogen-bond donors (Lipinski definition) is 0. The molecule has 0 heterocycles. The Kier molecular flexibility index (Phi) is 12.1. The van der Waals surface area contributed by atoms with Crippen molar-refractivity contribution in [1.82, 2.24) is 4.90 Å². The zero-order valence-corrected chi connectivity index (χ0v) is 12.3. The zero-order valence-electron chi connectivity index (χ0n) is 11.5. The van der Waals surface area contributed by atoms with Crippen LogP contribution in [0.5, 0.6) is 0 Å². The van der Waals surface area contributed by atoms with E-state index in [0.29, 0.717) is 0 Å². The normalized spacial score (nSPS) is 10.5. The number of hydrogen-bond acceptors (Lipinski definition) is 1. The largest absolute Gasteiger partial charge is 0.332 e. The fourth-order valence-electron chi connectivity index (χ4n) is 1.92. The van der Waals surface area contributed by atoms with Gasteiger partial charge in [0.2, 0.25) is 0 Å². The summed E-state index contributed by atoms with van der Waals surface area (Å²) in [7, 11) is 1.75. The Labute approximate surface area is 112 Å². The van der Waals surface area contributed by atoms with Crippen LogP contribution in [0.1, 0.15) is 71.1 Å². The average molecular weight is 262 g/mol. The van der Waals surface area contributed by atoms with Crippen molar-refractivity contribution in [1.29, 1.82) is 0 Å². The molecule has 3 heteroatoms. The number of rotatable bonds is 11. The predicted octanol–water partition coefficient (Wildman–Crippen LogP) is 5.20. The number of nitrogens with zero attached hydrogens (tertiary/aromatic N) is 1. The topological polar surface area (TPSA) is 20.3 Å².